The molecule has 31 heavy (non-hydrogen) atoms. The quantitative estimate of drug-likeness (QED) is 0.405. The van der Waals surface area contributed by atoms with Crippen molar-refractivity contribution in [3.05, 3.63) is 53.6 Å². The van der Waals surface area contributed by atoms with E-state index in [0.717, 1.165) is 41.0 Å². The predicted molar refractivity (Wildman–Crippen MR) is 127 cm³/mol. The normalized spacial score (nSPS) is 19.7. The molecule has 1 fully saturated rings. The minimum Gasteiger partial charge on any atom is -0.366 e. The van der Waals surface area contributed by atoms with Crippen LogP contribution in [0.4, 0.5) is 5.82 Å². The van der Waals surface area contributed by atoms with Gasteiger partial charge in [-0.05, 0) is 43.2 Å². The van der Waals surface area contributed by atoms with E-state index in [4.69, 9.17) is 4.98 Å². The Labute approximate surface area is 186 Å². The zero-order chi connectivity index (χ0) is 21.6. The van der Waals surface area contributed by atoms with Gasteiger partial charge in [0.1, 0.15) is 5.82 Å². The second kappa shape index (κ2) is 10.3. The van der Waals surface area contributed by atoms with Crippen molar-refractivity contribution in [2.24, 2.45) is 11.8 Å². The van der Waals surface area contributed by atoms with Crippen molar-refractivity contribution in [3.63, 3.8) is 0 Å². The summed E-state index contributed by atoms with van der Waals surface area (Å²) in [4.78, 5) is 9.31. The maximum atomic E-state index is 5.08. The molecule has 3 unspecified atom stereocenters. The number of nitrogens with one attached hydrogen (secondary N) is 1. The largest absolute Gasteiger partial charge is 0.366 e. The molecule has 0 aliphatic heterocycles. The number of hydrogen-bond donors (Lipinski definition) is 1. The van der Waals surface area contributed by atoms with E-state index in [1.807, 2.05) is 29.2 Å². The Kier molecular flexibility index (Phi) is 7.21. The lowest BCUT2D eigenvalue weighted by Crippen LogP contribution is -2.11. The van der Waals surface area contributed by atoms with Crippen LogP contribution in [0.1, 0.15) is 88.0 Å². The van der Waals surface area contributed by atoms with E-state index in [9.17, 15) is 0 Å². The summed E-state index contributed by atoms with van der Waals surface area (Å²) < 4.78 is 1.94. The van der Waals surface area contributed by atoms with Gasteiger partial charge in [-0.1, -0.05) is 58.4 Å². The average molecular weight is 420 g/mol. The van der Waals surface area contributed by atoms with E-state index in [2.05, 4.69) is 48.3 Å². The molecule has 1 aliphatic rings. The zero-order valence-corrected chi connectivity index (χ0v) is 19.3. The predicted octanol–water partition coefficient (Wildman–Crippen LogP) is 6.54. The Bertz CT molecular complexity index is 965. The van der Waals surface area contributed by atoms with Gasteiger partial charge in [-0.3, -0.25) is 4.98 Å². The minimum atomic E-state index is 0.514. The fraction of sp³-hybridized carbons (Fsp3) is 0.577. The van der Waals surface area contributed by atoms with Gasteiger partial charge in [0.05, 0.1) is 6.20 Å². The molecule has 1 aliphatic carbocycles. The molecule has 0 amide bonds. The van der Waals surface area contributed by atoms with Crippen LogP contribution in [0.15, 0.2) is 36.8 Å². The van der Waals surface area contributed by atoms with Crippen molar-refractivity contribution in [3.8, 4) is 0 Å². The molecular formula is C26H37N5. The summed E-state index contributed by atoms with van der Waals surface area (Å²) in [6.45, 7) is 7.55. The van der Waals surface area contributed by atoms with Crippen molar-refractivity contribution < 1.29 is 0 Å². The summed E-state index contributed by atoms with van der Waals surface area (Å²) in [6, 6.07) is 6.30. The van der Waals surface area contributed by atoms with E-state index in [1.165, 1.54) is 57.1 Å². The van der Waals surface area contributed by atoms with Gasteiger partial charge in [-0.2, -0.15) is 9.61 Å². The van der Waals surface area contributed by atoms with E-state index in [1.54, 1.807) is 0 Å². The molecule has 166 valence electrons. The Hall–Kier alpha value is -2.43. The number of hydrogen-bond acceptors (Lipinski definition) is 4. The number of pyridine rings is 1. The highest BCUT2D eigenvalue weighted by atomic mass is 15.3. The Morgan fingerprint density at radius 1 is 1.23 bits per heavy atom. The average Bonchev–Trinajstić information content (AvgIpc) is 3.37. The molecule has 5 heteroatoms. The first-order valence-corrected chi connectivity index (χ1v) is 12.1. The van der Waals surface area contributed by atoms with E-state index < -0.39 is 0 Å². The standard InChI is InChI=1S/C26H37N5/c1-4-8-23(13-6-12-22-11-5-9-19(22)2)24-15-25(28-18-21-10-7-14-27-17-21)31-26(30-24)20(3)16-29-31/h7,10,14-17,19,22-23,28H,4-6,8-9,11-13,18H2,1-3H3. The van der Waals surface area contributed by atoms with Gasteiger partial charge in [-0.15, -0.1) is 0 Å². The molecular weight excluding hydrogens is 382 g/mol. The molecule has 0 aromatic carbocycles. The monoisotopic (exact) mass is 419 g/mol. The van der Waals surface area contributed by atoms with Crippen LogP contribution >= 0.6 is 0 Å². The minimum absolute atomic E-state index is 0.514. The molecule has 3 aromatic heterocycles. The number of rotatable bonds is 10. The summed E-state index contributed by atoms with van der Waals surface area (Å²) >= 11 is 0. The Balaban J connectivity index is 1.52. The maximum Gasteiger partial charge on any atom is 0.160 e. The van der Waals surface area contributed by atoms with Gasteiger partial charge < -0.3 is 5.32 Å². The number of nitrogens with zero attached hydrogens (tertiary/aromatic N) is 4. The smallest absolute Gasteiger partial charge is 0.160 e. The van der Waals surface area contributed by atoms with Crippen LogP contribution in [0.2, 0.25) is 0 Å². The first-order chi connectivity index (χ1) is 15.2. The molecule has 0 spiro atoms. The van der Waals surface area contributed by atoms with Crippen LogP contribution in [-0.2, 0) is 6.54 Å². The third-order valence-electron chi connectivity index (χ3n) is 7.09. The van der Waals surface area contributed by atoms with E-state index in [-0.39, 0.29) is 0 Å². The summed E-state index contributed by atoms with van der Waals surface area (Å²) in [5.41, 5.74) is 4.47. The number of fused-ring (bicyclic) bond motifs is 1. The number of aryl methyl sites for hydroxylation is 1. The lowest BCUT2D eigenvalue weighted by Gasteiger charge is -2.20. The maximum absolute atomic E-state index is 5.08. The fourth-order valence-electron chi connectivity index (χ4n) is 5.19. The van der Waals surface area contributed by atoms with Gasteiger partial charge in [0, 0.05) is 42.2 Å². The highest BCUT2D eigenvalue weighted by molar-refractivity contribution is 5.54. The number of anilines is 1. The summed E-state index contributed by atoms with van der Waals surface area (Å²) in [6.07, 6.45) is 16.2. The second-order valence-corrected chi connectivity index (χ2v) is 9.43. The lowest BCUT2D eigenvalue weighted by molar-refractivity contribution is 0.366. The molecule has 1 N–H and O–H groups in total. The summed E-state index contributed by atoms with van der Waals surface area (Å²) in [5, 5.41) is 8.16. The molecule has 5 nitrogen and oxygen atoms in total. The van der Waals surface area contributed by atoms with Gasteiger partial charge in [-0.25, -0.2) is 4.98 Å². The summed E-state index contributed by atoms with van der Waals surface area (Å²) in [7, 11) is 0. The highest BCUT2D eigenvalue weighted by Gasteiger charge is 2.24. The van der Waals surface area contributed by atoms with E-state index >= 15 is 0 Å². The molecule has 3 heterocycles. The topological polar surface area (TPSA) is 55.1 Å². The van der Waals surface area contributed by atoms with Crippen LogP contribution in [0.3, 0.4) is 0 Å². The van der Waals surface area contributed by atoms with Gasteiger partial charge in [0.15, 0.2) is 5.65 Å². The Morgan fingerprint density at radius 2 is 2.13 bits per heavy atom. The van der Waals surface area contributed by atoms with Crippen molar-refractivity contribution in [1.82, 2.24) is 19.6 Å². The third-order valence-corrected chi connectivity index (χ3v) is 7.09. The molecule has 4 rings (SSSR count). The Morgan fingerprint density at radius 3 is 2.87 bits per heavy atom. The summed E-state index contributed by atoms with van der Waals surface area (Å²) in [5.74, 6) is 3.38. The number of aromatic nitrogens is 4. The SMILES string of the molecule is CCCC(CCCC1CCCC1C)c1cc(NCc2cccnc2)n2ncc(C)c2n1. The van der Waals surface area contributed by atoms with Crippen molar-refractivity contribution >= 4 is 11.5 Å². The van der Waals surface area contributed by atoms with Crippen molar-refractivity contribution in [2.75, 3.05) is 5.32 Å². The molecule has 0 bridgehead atoms. The lowest BCUT2D eigenvalue weighted by atomic mass is 9.88. The second-order valence-electron chi connectivity index (χ2n) is 9.43. The fourth-order valence-corrected chi connectivity index (χ4v) is 5.19. The van der Waals surface area contributed by atoms with Gasteiger partial charge in [0.25, 0.3) is 0 Å². The van der Waals surface area contributed by atoms with Gasteiger partial charge in [0.2, 0.25) is 0 Å². The molecule has 3 aromatic rings. The van der Waals surface area contributed by atoms with Crippen LogP contribution in [0.5, 0.6) is 0 Å². The van der Waals surface area contributed by atoms with Crippen molar-refractivity contribution in [2.45, 2.75) is 84.6 Å². The van der Waals surface area contributed by atoms with Crippen LogP contribution < -0.4 is 5.32 Å². The zero-order valence-electron chi connectivity index (χ0n) is 19.3. The third kappa shape index (κ3) is 5.25. The highest BCUT2D eigenvalue weighted by Crippen LogP contribution is 2.36. The van der Waals surface area contributed by atoms with Crippen LogP contribution in [0, 0.1) is 18.8 Å². The van der Waals surface area contributed by atoms with Crippen LogP contribution in [0.25, 0.3) is 5.65 Å². The van der Waals surface area contributed by atoms with Crippen molar-refractivity contribution in [1.29, 1.82) is 0 Å². The van der Waals surface area contributed by atoms with Gasteiger partial charge >= 0.3 is 0 Å². The molecule has 0 saturated heterocycles. The first kappa shape index (κ1) is 21.8. The first-order valence-electron chi connectivity index (χ1n) is 12.1. The molecule has 3 atom stereocenters. The molecule has 0 radical (unpaired) electrons. The van der Waals surface area contributed by atoms with E-state index in [0.29, 0.717) is 5.92 Å². The van der Waals surface area contributed by atoms with Crippen LogP contribution in [-0.4, -0.2) is 19.6 Å². The molecule has 1 saturated carbocycles.